The zero-order valence-corrected chi connectivity index (χ0v) is 9.05. The Morgan fingerprint density at radius 3 is 3.00 bits per heavy atom. The number of hydrogen-bond acceptors (Lipinski definition) is 6. The molecule has 0 amide bonds. The average Bonchev–Trinajstić information content (AvgIpc) is 3.02. The summed E-state index contributed by atoms with van der Waals surface area (Å²) in [5.74, 6) is 1.43. The molecule has 0 radical (unpaired) electrons. The summed E-state index contributed by atoms with van der Waals surface area (Å²) in [5, 5.41) is 12.8. The Morgan fingerprint density at radius 1 is 1.27 bits per heavy atom. The van der Waals surface area contributed by atoms with Gasteiger partial charge in [-0.1, -0.05) is 10.6 Å². The van der Waals surface area contributed by atoms with E-state index in [2.05, 4.69) is 24.8 Å². The first kappa shape index (κ1) is 8.69. The van der Waals surface area contributed by atoms with Crippen molar-refractivity contribution in [2.45, 2.75) is 0 Å². The highest BCUT2D eigenvalue weighted by atomic mass is 32.1. The smallest absolute Gasteiger partial charge is 0.194 e. The van der Waals surface area contributed by atoms with Crippen molar-refractivity contribution in [2.75, 3.05) is 0 Å². The van der Waals surface area contributed by atoms with Crippen LogP contribution in [-0.2, 0) is 0 Å². The van der Waals surface area contributed by atoms with E-state index in [-0.39, 0.29) is 0 Å². The Balaban J connectivity index is 2.02. The quantitative estimate of drug-likeness (QED) is 0.738. The Morgan fingerprint density at radius 2 is 2.27 bits per heavy atom. The van der Waals surface area contributed by atoms with Crippen LogP contribution in [0.5, 0.6) is 0 Å². The van der Waals surface area contributed by atoms with Crippen LogP contribution >= 0.6 is 22.9 Å². The minimum Gasteiger partial charge on any atom is -0.258 e. The standard InChI is InChI=1S/C8H5N5S2/c1-2-5(14-3-1)7-10-8(12-11-7)6-4-9-13-15-6/h1-4H,(H,10,11,12). The van der Waals surface area contributed by atoms with E-state index in [1.165, 1.54) is 11.5 Å². The highest BCUT2D eigenvalue weighted by Gasteiger charge is 2.09. The van der Waals surface area contributed by atoms with Gasteiger partial charge in [0.2, 0.25) is 0 Å². The van der Waals surface area contributed by atoms with Crippen molar-refractivity contribution in [2.24, 2.45) is 0 Å². The first-order valence-corrected chi connectivity index (χ1v) is 5.83. The summed E-state index contributed by atoms with van der Waals surface area (Å²) in [6.45, 7) is 0. The van der Waals surface area contributed by atoms with Gasteiger partial charge >= 0.3 is 0 Å². The molecule has 0 atom stereocenters. The second-order valence-electron chi connectivity index (χ2n) is 2.77. The van der Waals surface area contributed by atoms with Gasteiger partial charge < -0.3 is 0 Å². The molecule has 3 aromatic heterocycles. The van der Waals surface area contributed by atoms with Gasteiger partial charge in [-0.15, -0.1) is 16.4 Å². The number of H-pyrrole nitrogens is 1. The minimum atomic E-state index is 0.647. The number of thiophene rings is 1. The lowest BCUT2D eigenvalue weighted by Crippen LogP contribution is -1.74. The lowest BCUT2D eigenvalue weighted by atomic mass is 10.4. The predicted octanol–water partition coefficient (Wildman–Crippen LogP) is 2.05. The molecule has 3 rings (SSSR count). The van der Waals surface area contributed by atoms with Gasteiger partial charge in [-0.25, -0.2) is 4.98 Å². The first-order valence-electron chi connectivity index (χ1n) is 4.17. The molecule has 3 heterocycles. The molecule has 0 unspecified atom stereocenters. The first-order chi connectivity index (χ1) is 7.43. The number of hydrogen-bond donors (Lipinski definition) is 1. The molecule has 5 nitrogen and oxygen atoms in total. The van der Waals surface area contributed by atoms with Crippen molar-refractivity contribution in [1.29, 1.82) is 0 Å². The summed E-state index contributed by atoms with van der Waals surface area (Å²) in [4.78, 5) is 6.31. The lowest BCUT2D eigenvalue weighted by molar-refractivity contribution is 1.10. The molecule has 0 aliphatic heterocycles. The van der Waals surface area contributed by atoms with Gasteiger partial charge in [0.05, 0.1) is 11.1 Å². The maximum atomic E-state index is 4.37. The fourth-order valence-corrected chi connectivity index (χ4v) is 2.27. The maximum absolute atomic E-state index is 4.37. The number of aromatic nitrogens is 5. The van der Waals surface area contributed by atoms with Crippen molar-refractivity contribution >= 4 is 22.9 Å². The van der Waals surface area contributed by atoms with Crippen LogP contribution in [0.2, 0.25) is 0 Å². The van der Waals surface area contributed by atoms with Crippen molar-refractivity contribution in [3.8, 4) is 21.4 Å². The third kappa shape index (κ3) is 1.55. The fraction of sp³-hybridized carbons (Fsp3) is 0. The van der Waals surface area contributed by atoms with E-state index in [4.69, 9.17) is 0 Å². The molecule has 1 N–H and O–H groups in total. The van der Waals surface area contributed by atoms with Gasteiger partial charge in [-0.05, 0) is 23.0 Å². The molecule has 0 spiro atoms. The second-order valence-corrected chi connectivity index (χ2v) is 4.50. The molecule has 0 aliphatic rings. The number of nitrogens with one attached hydrogen (secondary N) is 1. The van der Waals surface area contributed by atoms with E-state index in [1.807, 2.05) is 17.5 Å². The summed E-state index contributed by atoms with van der Waals surface area (Å²) < 4.78 is 3.77. The molecule has 0 saturated carbocycles. The summed E-state index contributed by atoms with van der Waals surface area (Å²) in [7, 11) is 0. The lowest BCUT2D eigenvalue weighted by Gasteiger charge is -1.85. The van der Waals surface area contributed by atoms with E-state index in [1.54, 1.807) is 17.5 Å². The third-order valence-corrected chi connectivity index (χ3v) is 3.36. The van der Waals surface area contributed by atoms with Crippen molar-refractivity contribution < 1.29 is 0 Å². The van der Waals surface area contributed by atoms with Crippen LogP contribution in [0.3, 0.4) is 0 Å². The van der Waals surface area contributed by atoms with Crippen LogP contribution in [0.4, 0.5) is 0 Å². The zero-order chi connectivity index (χ0) is 10.1. The molecule has 74 valence electrons. The third-order valence-electron chi connectivity index (χ3n) is 1.82. The highest BCUT2D eigenvalue weighted by Crippen LogP contribution is 2.24. The fourth-order valence-electron chi connectivity index (χ4n) is 1.16. The molecule has 0 aliphatic carbocycles. The van der Waals surface area contributed by atoms with Crippen LogP contribution < -0.4 is 0 Å². The Bertz CT molecular complexity index is 491. The molecule has 15 heavy (non-hydrogen) atoms. The minimum absolute atomic E-state index is 0.647. The normalized spacial score (nSPS) is 10.7. The van der Waals surface area contributed by atoms with Gasteiger partial charge in [0, 0.05) is 0 Å². The van der Waals surface area contributed by atoms with Crippen LogP contribution in [0, 0.1) is 0 Å². The molecular weight excluding hydrogens is 230 g/mol. The molecule has 0 fully saturated rings. The monoisotopic (exact) mass is 235 g/mol. The molecule has 7 heteroatoms. The second kappa shape index (κ2) is 3.52. The predicted molar refractivity (Wildman–Crippen MR) is 58.6 cm³/mol. The van der Waals surface area contributed by atoms with Gasteiger partial charge in [-0.3, -0.25) is 5.10 Å². The summed E-state index contributed by atoms with van der Waals surface area (Å²) >= 11 is 2.91. The Labute approximate surface area is 93.0 Å². The number of aromatic amines is 1. The molecular formula is C8H5N5S2. The van der Waals surface area contributed by atoms with Crippen LogP contribution in [0.25, 0.3) is 21.4 Å². The van der Waals surface area contributed by atoms with Crippen LogP contribution in [0.15, 0.2) is 23.7 Å². The van der Waals surface area contributed by atoms with E-state index in [0.717, 1.165) is 15.6 Å². The van der Waals surface area contributed by atoms with Gasteiger partial charge in [0.15, 0.2) is 11.6 Å². The SMILES string of the molecule is c1csc(-c2nc(-c3cnns3)n[nH]2)c1. The number of nitrogens with zero attached hydrogens (tertiary/aromatic N) is 4. The number of rotatable bonds is 2. The van der Waals surface area contributed by atoms with Gasteiger partial charge in [-0.2, -0.15) is 5.10 Å². The van der Waals surface area contributed by atoms with Crippen molar-refractivity contribution in [3.63, 3.8) is 0 Å². The topological polar surface area (TPSA) is 67.3 Å². The Hall–Kier alpha value is -1.60. The Kier molecular flexibility index (Phi) is 2.04. The molecule has 0 saturated heterocycles. The highest BCUT2D eigenvalue weighted by molar-refractivity contribution is 7.13. The zero-order valence-electron chi connectivity index (χ0n) is 7.41. The van der Waals surface area contributed by atoms with Crippen molar-refractivity contribution in [1.82, 2.24) is 24.8 Å². The van der Waals surface area contributed by atoms with Gasteiger partial charge in [0.25, 0.3) is 0 Å². The van der Waals surface area contributed by atoms with E-state index < -0.39 is 0 Å². The van der Waals surface area contributed by atoms with E-state index in [9.17, 15) is 0 Å². The van der Waals surface area contributed by atoms with E-state index >= 15 is 0 Å². The summed E-state index contributed by atoms with van der Waals surface area (Å²) in [6, 6.07) is 3.98. The van der Waals surface area contributed by atoms with E-state index in [0.29, 0.717) is 5.82 Å². The average molecular weight is 235 g/mol. The molecule has 3 aromatic rings. The molecule has 0 bridgehead atoms. The van der Waals surface area contributed by atoms with Crippen LogP contribution in [-0.4, -0.2) is 24.8 Å². The largest absolute Gasteiger partial charge is 0.258 e. The molecule has 0 aromatic carbocycles. The van der Waals surface area contributed by atoms with Gasteiger partial charge in [0.1, 0.15) is 4.88 Å². The summed E-state index contributed by atoms with van der Waals surface area (Å²) in [5.41, 5.74) is 0. The maximum Gasteiger partial charge on any atom is 0.194 e. The van der Waals surface area contributed by atoms with Crippen molar-refractivity contribution in [3.05, 3.63) is 23.7 Å². The summed E-state index contributed by atoms with van der Waals surface area (Å²) in [6.07, 6.45) is 1.66. The van der Waals surface area contributed by atoms with Crippen LogP contribution in [0.1, 0.15) is 0 Å².